The number of hydrogen-bond acceptors (Lipinski definition) is 5. The number of allylic oxidation sites excluding steroid dienone is 2. The van der Waals surface area contributed by atoms with Crippen LogP contribution in [0.2, 0.25) is 0 Å². The Hall–Kier alpha value is -2.83. The Balaban J connectivity index is 1.66. The first-order valence-electron chi connectivity index (χ1n) is 7.65. The Bertz CT molecular complexity index is 715. The minimum Gasteiger partial charge on any atom is -0.550 e. The van der Waals surface area contributed by atoms with E-state index >= 15 is 0 Å². The summed E-state index contributed by atoms with van der Waals surface area (Å²) in [6.45, 7) is 0. The van der Waals surface area contributed by atoms with E-state index in [0.717, 1.165) is 0 Å². The second-order valence-electron chi connectivity index (χ2n) is 5.96. The number of benzene rings is 1. The third-order valence-corrected chi connectivity index (χ3v) is 4.69. The fourth-order valence-electron chi connectivity index (χ4n) is 3.60. The van der Waals surface area contributed by atoms with E-state index in [-0.39, 0.29) is 17.4 Å². The van der Waals surface area contributed by atoms with Crippen LogP contribution in [0.15, 0.2) is 36.4 Å². The molecule has 2 aliphatic rings. The fraction of sp³-hybridized carbons (Fsp3) is 0.353. The van der Waals surface area contributed by atoms with Crippen molar-refractivity contribution >= 4 is 17.8 Å². The van der Waals surface area contributed by atoms with Gasteiger partial charge in [-0.25, -0.2) is 0 Å². The maximum absolute atomic E-state index is 12.4. The van der Waals surface area contributed by atoms with Gasteiger partial charge in [0.25, 0.3) is 5.91 Å². The Kier molecular flexibility index (Phi) is 4.24. The molecule has 126 valence electrons. The summed E-state index contributed by atoms with van der Waals surface area (Å²) in [5.74, 6) is -3.83. The Morgan fingerprint density at radius 3 is 2.42 bits per heavy atom. The summed E-state index contributed by atoms with van der Waals surface area (Å²) in [5, 5.41) is 11.3. The lowest BCUT2D eigenvalue weighted by molar-refractivity contribution is -0.313. The average Bonchev–Trinajstić information content (AvgIpc) is 3.20. The van der Waals surface area contributed by atoms with Crippen molar-refractivity contribution in [1.82, 2.24) is 10.9 Å². The molecule has 2 amide bonds. The van der Waals surface area contributed by atoms with Crippen molar-refractivity contribution in [3.63, 3.8) is 0 Å². The maximum atomic E-state index is 12.4. The highest BCUT2D eigenvalue weighted by Gasteiger charge is 2.48. The monoisotopic (exact) mass is 329 g/mol. The number of hydrazine groups is 1. The highest BCUT2D eigenvalue weighted by atomic mass is 16.5. The molecule has 7 nitrogen and oxygen atoms in total. The summed E-state index contributed by atoms with van der Waals surface area (Å²) in [6, 6.07) is 6.58. The van der Waals surface area contributed by atoms with Gasteiger partial charge < -0.3 is 14.6 Å². The molecule has 4 atom stereocenters. The zero-order valence-electron chi connectivity index (χ0n) is 13.0. The van der Waals surface area contributed by atoms with Crippen molar-refractivity contribution in [2.75, 3.05) is 7.11 Å². The van der Waals surface area contributed by atoms with Gasteiger partial charge >= 0.3 is 0 Å². The van der Waals surface area contributed by atoms with Gasteiger partial charge in [-0.1, -0.05) is 24.3 Å². The van der Waals surface area contributed by atoms with Crippen LogP contribution < -0.4 is 20.7 Å². The number of nitrogens with one attached hydrogen (secondary N) is 2. The normalized spacial score (nSPS) is 26.9. The molecule has 0 unspecified atom stereocenters. The third-order valence-electron chi connectivity index (χ3n) is 4.69. The maximum Gasteiger partial charge on any atom is 0.273 e. The third kappa shape index (κ3) is 2.73. The summed E-state index contributed by atoms with van der Waals surface area (Å²) >= 11 is 0. The number of carbonyl (C=O) groups is 3. The summed E-state index contributed by atoms with van der Waals surface area (Å²) in [6.07, 6.45) is 4.30. The second-order valence-corrected chi connectivity index (χ2v) is 5.96. The van der Waals surface area contributed by atoms with Crippen LogP contribution in [0.25, 0.3) is 0 Å². The zero-order chi connectivity index (χ0) is 17.3. The number of fused-ring (bicyclic) bond motifs is 2. The molecule has 0 aromatic heterocycles. The predicted octanol–water partition coefficient (Wildman–Crippen LogP) is -0.356. The highest BCUT2D eigenvalue weighted by Crippen LogP contribution is 2.47. The van der Waals surface area contributed by atoms with Gasteiger partial charge in [-0.2, -0.15) is 0 Å². The summed E-state index contributed by atoms with van der Waals surface area (Å²) in [7, 11) is 1.44. The Labute approximate surface area is 138 Å². The summed E-state index contributed by atoms with van der Waals surface area (Å²) in [5.41, 5.74) is 4.91. The average molecular weight is 329 g/mol. The van der Waals surface area contributed by atoms with Crippen LogP contribution in [0.1, 0.15) is 16.8 Å². The number of para-hydroxylation sites is 1. The van der Waals surface area contributed by atoms with E-state index in [1.807, 2.05) is 12.2 Å². The lowest BCUT2D eigenvalue weighted by atomic mass is 9.82. The van der Waals surface area contributed by atoms with E-state index in [4.69, 9.17) is 4.74 Å². The summed E-state index contributed by atoms with van der Waals surface area (Å²) < 4.78 is 5.09. The number of carbonyl (C=O) groups excluding carboxylic acids is 3. The molecule has 0 aliphatic heterocycles. The molecular formula is C17H17N2O5-. The molecule has 1 aromatic rings. The van der Waals surface area contributed by atoms with Gasteiger partial charge in [0.2, 0.25) is 5.91 Å². The van der Waals surface area contributed by atoms with Gasteiger partial charge in [0, 0.05) is 11.9 Å². The molecule has 0 saturated heterocycles. The number of carboxylic acids is 1. The van der Waals surface area contributed by atoms with Crippen molar-refractivity contribution < 1.29 is 24.2 Å². The number of carboxylic acid groups (broad SMARTS) is 1. The van der Waals surface area contributed by atoms with Crippen molar-refractivity contribution in [1.29, 1.82) is 0 Å². The SMILES string of the molecule is COc1ccccc1C(=O)NNC(=O)[C@H]1[C@@H](C(=O)[O-])[C@H]2C=C[C@H]1C2. The van der Waals surface area contributed by atoms with E-state index in [9.17, 15) is 19.5 Å². The number of ether oxygens (including phenoxy) is 1. The Morgan fingerprint density at radius 2 is 1.75 bits per heavy atom. The minimum atomic E-state index is -1.23. The van der Waals surface area contributed by atoms with E-state index in [0.29, 0.717) is 12.2 Å². The van der Waals surface area contributed by atoms with Crippen molar-refractivity contribution in [2.24, 2.45) is 23.7 Å². The van der Waals surface area contributed by atoms with Gasteiger partial charge in [-0.05, 0) is 30.4 Å². The number of hydrogen-bond donors (Lipinski definition) is 2. The number of aliphatic carboxylic acids is 1. The molecule has 0 heterocycles. The van der Waals surface area contributed by atoms with E-state index in [1.54, 1.807) is 24.3 Å². The first kappa shape index (κ1) is 16.0. The van der Waals surface area contributed by atoms with Crippen molar-refractivity contribution in [2.45, 2.75) is 6.42 Å². The Morgan fingerprint density at radius 1 is 1.08 bits per heavy atom. The molecule has 2 N–H and O–H groups in total. The first-order valence-corrected chi connectivity index (χ1v) is 7.65. The quantitative estimate of drug-likeness (QED) is 0.580. The van der Waals surface area contributed by atoms with Crippen LogP contribution in [-0.4, -0.2) is 24.9 Å². The topological polar surface area (TPSA) is 108 Å². The lowest BCUT2D eigenvalue weighted by Crippen LogP contribution is -2.50. The molecule has 2 bridgehead atoms. The second kappa shape index (κ2) is 6.35. The molecule has 24 heavy (non-hydrogen) atoms. The van der Waals surface area contributed by atoms with Crippen LogP contribution in [0.4, 0.5) is 0 Å². The van der Waals surface area contributed by atoms with Crippen LogP contribution in [0, 0.1) is 23.7 Å². The minimum absolute atomic E-state index is 0.138. The zero-order valence-corrected chi connectivity index (χ0v) is 13.0. The number of rotatable bonds is 4. The first-order chi connectivity index (χ1) is 11.5. The molecule has 0 radical (unpaired) electrons. The molecular weight excluding hydrogens is 312 g/mol. The van der Waals surface area contributed by atoms with Crippen LogP contribution in [0.5, 0.6) is 5.75 Å². The van der Waals surface area contributed by atoms with Gasteiger partial charge in [0.15, 0.2) is 0 Å². The standard InChI is InChI=1S/C17H18N2O5/c1-24-12-5-3-2-4-11(12)15(20)18-19-16(21)13-9-6-7-10(8-9)14(13)17(22)23/h2-7,9-10,13-14H,8H2,1H3,(H,18,20)(H,19,21)(H,22,23)/p-1/t9-,10-,13+,14-/m0/s1. The van der Waals surface area contributed by atoms with Gasteiger partial charge in [0.1, 0.15) is 5.75 Å². The number of amides is 2. The van der Waals surface area contributed by atoms with Crippen LogP contribution in [-0.2, 0) is 9.59 Å². The van der Waals surface area contributed by atoms with Gasteiger partial charge in [-0.3, -0.25) is 20.4 Å². The fourth-order valence-corrected chi connectivity index (χ4v) is 3.60. The molecule has 1 saturated carbocycles. The van der Waals surface area contributed by atoms with Crippen LogP contribution >= 0.6 is 0 Å². The van der Waals surface area contributed by atoms with Crippen LogP contribution in [0.3, 0.4) is 0 Å². The summed E-state index contributed by atoms with van der Waals surface area (Å²) in [4.78, 5) is 35.8. The van der Waals surface area contributed by atoms with Crippen molar-refractivity contribution in [3.05, 3.63) is 42.0 Å². The molecule has 2 aliphatic carbocycles. The predicted molar refractivity (Wildman–Crippen MR) is 81.3 cm³/mol. The largest absolute Gasteiger partial charge is 0.550 e. The lowest BCUT2D eigenvalue weighted by Gasteiger charge is -2.27. The van der Waals surface area contributed by atoms with Gasteiger partial charge in [-0.15, -0.1) is 0 Å². The molecule has 3 rings (SSSR count). The van der Waals surface area contributed by atoms with Gasteiger partial charge in [0.05, 0.1) is 18.6 Å². The van der Waals surface area contributed by atoms with E-state index in [1.165, 1.54) is 7.11 Å². The smallest absolute Gasteiger partial charge is 0.273 e. The van der Waals surface area contributed by atoms with E-state index in [2.05, 4.69) is 10.9 Å². The molecule has 7 heteroatoms. The molecule has 1 fully saturated rings. The highest BCUT2D eigenvalue weighted by molar-refractivity contribution is 5.98. The molecule has 0 spiro atoms. The van der Waals surface area contributed by atoms with E-state index < -0.39 is 29.6 Å². The van der Waals surface area contributed by atoms with Crippen molar-refractivity contribution in [3.8, 4) is 5.75 Å². The number of methoxy groups -OCH3 is 1. The molecule has 1 aromatic carbocycles.